The molecule has 0 spiro atoms. The molecule has 0 aliphatic carbocycles. The average molecular weight is 275 g/mol. The summed E-state index contributed by atoms with van der Waals surface area (Å²) in [5, 5.41) is 3.07. The van der Waals surface area contributed by atoms with Crippen LogP contribution in [0.2, 0.25) is 0 Å². The van der Waals surface area contributed by atoms with Crippen LogP contribution in [0.25, 0.3) is 0 Å². The number of halogens is 3. The van der Waals surface area contributed by atoms with E-state index >= 15 is 0 Å². The van der Waals surface area contributed by atoms with Crippen LogP contribution in [-0.2, 0) is 6.42 Å². The number of nitrogens with one attached hydrogen (secondary N) is 1. The second-order valence-corrected chi connectivity index (χ2v) is 4.55. The third kappa shape index (κ3) is 6.47. The van der Waals surface area contributed by atoms with Crippen LogP contribution >= 0.6 is 0 Å². The quantitative estimate of drug-likeness (QED) is 0.821. The number of alkyl halides is 3. The van der Waals surface area contributed by atoms with Crippen LogP contribution in [0.4, 0.5) is 13.2 Å². The monoisotopic (exact) mass is 275 g/mol. The van der Waals surface area contributed by atoms with Gasteiger partial charge in [-0.3, -0.25) is 0 Å². The Kier molecular flexibility index (Phi) is 6.15. The molecule has 0 aliphatic rings. The summed E-state index contributed by atoms with van der Waals surface area (Å²) in [4.78, 5) is 0. The van der Waals surface area contributed by atoms with Crippen molar-refractivity contribution in [2.75, 3.05) is 14.2 Å². The lowest BCUT2D eigenvalue weighted by molar-refractivity contribution is -0.135. The van der Waals surface area contributed by atoms with Gasteiger partial charge in [-0.1, -0.05) is 12.1 Å². The van der Waals surface area contributed by atoms with Crippen molar-refractivity contribution < 1.29 is 17.9 Å². The lowest BCUT2D eigenvalue weighted by atomic mass is 10.0. The Bertz CT molecular complexity index is 379. The number of ether oxygens (including phenoxy) is 1. The van der Waals surface area contributed by atoms with Crippen molar-refractivity contribution >= 4 is 0 Å². The van der Waals surface area contributed by atoms with E-state index in [1.165, 1.54) is 0 Å². The first-order valence-electron chi connectivity index (χ1n) is 6.31. The predicted octanol–water partition coefficient (Wildman–Crippen LogP) is 3.56. The van der Waals surface area contributed by atoms with E-state index in [-0.39, 0.29) is 12.5 Å². The van der Waals surface area contributed by atoms with Crippen LogP contribution in [-0.4, -0.2) is 26.4 Å². The second kappa shape index (κ2) is 7.38. The molecular formula is C14H20F3NO. The minimum atomic E-state index is -4.06. The summed E-state index contributed by atoms with van der Waals surface area (Å²) in [7, 11) is 3.37. The largest absolute Gasteiger partial charge is 0.497 e. The number of likely N-dealkylation sites (N-methyl/N-ethyl adjacent to an activating group) is 1. The number of methoxy groups -OCH3 is 1. The Morgan fingerprint density at radius 2 is 2.05 bits per heavy atom. The maximum absolute atomic E-state index is 12.1. The molecule has 1 aromatic rings. The molecule has 1 N–H and O–H groups in total. The zero-order chi connectivity index (χ0) is 14.3. The van der Waals surface area contributed by atoms with E-state index in [0.717, 1.165) is 11.3 Å². The molecule has 0 aromatic heterocycles. The first-order valence-corrected chi connectivity index (χ1v) is 6.31. The van der Waals surface area contributed by atoms with Gasteiger partial charge < -0.3 is 10.1 Å². The van der Waals surface area contributed by atoms with E-state index in [2.05, 4.69) is 5.32 Å². The summed E-state index contributed by atoms with van der Waals surface area (Å²) in [6, 6.07) is 7.65. The summed E-state index contributed by atoms with van der Waals surface area (Å²) in [5.41, 5.74) is 1.06. The van der Waals surface area contributed by atoms with Crippen molar-refractivity contribution in [1.29, 1.82) is 0 Å². The maximum atomic E-state index is 12.1. The summed E-state index contributed by atoms with van der Waals surface area (Å²) < 4.78 is 41.4. The fourth-order valence-corrected chi connectivity index (χ4v) is 1.98. The fourth-order valence-electron chi connectivity index (χ4n) is 1.98. The van der Waals surface area contributed by atoms with Gasteiger partial charge in [0, 0.05) is 12.5 Å². The molecule has 19 heavy (non-hydrogen) atoms. The van der Waals surface area contributed by atoms with Gasteiger partial charge in [-0.15, -0.1) is 0 Å². The van der Waals surface area contributed by atoms with Crippen LogP contribution in [0, 0.1) is 0 Å². The maximum Gasteiger partial charge on any atom is 0.389 e. The number of rotatable bonds is 7. The van der Waals surface area contributed by atoms with E-state index in [1.807, 2.05) is 24.3 Å². The Balaban J connectivity index is 2.47. The summed E-state index contributed by atoms with van der Waals surface area (Å²) in [5.74, 6) is 0.766. The molecule has 0 fully saturated rings. The smallest absolute Gasteiger partial charge is 0.389 e. The minimum absolute atomic E-state index is 0.0504. The van der Waals surface area contributed by atoms with Gasteiger partial charge in [0.25, 0.3) is 0 Å². The highest BCUT2D eigenvalue weighted by molar-refractivity contribution is 5.28. The molecule has 0 amide bonds. The molecule has 2 nitrogen and oxygen atoms in total. The Labute approximate surface area is 112 Å². The average Bonchev–Trinajstić information content (AvgIpc) is 2.36. The van der Waals surface area contributed by atoms with Crippen molar-refractivity contribution in [3.05, 3.63) is 29.8 Å². The molecule has 1 unspecified atom stereocenters. The van der Waals surface area contributed by atoms with E-state index in [1.54, 1.807) is 14.2 Å². The van der Waals surface area contributed by atoms with Gasteiger partial charge in [0.2, 0.25) is 0 Å². The SMILES string of the molecule is CNC(CCCC(F)(F)F)Cc1cccc(OC)c1. The van der Waals surface area contributed by atoms with Gasteiger partial charge in [0.15, 0.2) is 0 Å². The van der Waals surface area contributed by atoms with Crippen LogP contribution in [0.15, 0.2) is 24.3 Å². The first-order chi connectivity index (χ1) is 8.94. The Hall–Kier alpha value is -1.23. The van der Waals surface area contributed by atoms with Gasteiger partial charge in [0.1, 0.15) is 5.75 Å². The molecule has 5 heteroatoms. The molecule has 0 saturated heterocycles. The third-order valence-electron chi connectivity index (χ3n) is 3.04. The standard InChI is InChI=1S/C14H20F3NO/c1-18-12(6-4-8-14(15,16)17)9-11-5-3-7-13(10-11)19-2/h3,5,7,10,12,18H,4,6,8-9H2,1-2H3. The van der Waals surface area contributed by atoms with Gasteiger partial charge >= 0.3 is 6.18 Å². The zero-order valence-electron chi connectivity index (χ0n) is 11.3. The van der Waals surface area contributed by atoms with Crippen LogP contribution < -0.4 is 10.1 Å². The second-order valence-electron chi connectivity index (χ2n) is 4.55. The lowest BCUT2D eigenvalue weighted by Gasteiger charge is -2.17. The molecule has 1 atom stereocenters. The zero-order valence-corrected chi connectivity index (χ0v) is 11.3. The molecule has 0 saturated carbocycles. The highest BCUT2D eigenvalue weighted by Gasteiger charge is 2.26. The molecule has 0 bridgehead atoms. The molecule has 0 heterocycles. The predicted molar refractivity (Wildman–Crippen MR) is 69.5 cm³/mol. The van der Waals surface area contributed by atoms with Gasteiger partial charge in [-0.25, -0.2) is 0 Å². The normalized spacial score (nSPS) is 13.3. The topological polar surface area (TPSA) is 21.3 Å². The highest BCUT2D eigenvalue weighted by atomic mass is 19.4. The van der Waals surface area contributed by atoms with Crippen molar-refractivity contribution in [2.45, 2.75) is 37.9 Å². The molecule has 0 aliphatic heterocycles. The Morgan fingerprint density at radius 3 is 2.63 bits per heavy atom. The van der Waals surface area contributed by atoms with E-state index in [0.29, 0.717) is 12.8 Å². The number of benzene rings is 1. The molecule has 108 valence electrons. The van der Waals surface area contributed by atoms with E-state index in [4.69, 9.17) is 4.74 Å². The molecule has 1 aromatic carbocycles. The first kappa shape index (κ1) is 15.8. The van der Waals surface area contributed by atoms with Crippen molar-refractivity contribution in [1.82, 2.24) is 5.32 Å². The molecule has 0 radical (unpaired) electrons. The van der Waals surface area contributed by atoms with E-state index in [9.17, 15) is 13.2 Å². The fraction of sp³-hybridized carbons (Fsp3) is 0.571. The van der Waals surface area contributed by atoms with Crippen molar-refractivity contribution in [3.63, 3.8) is 0 Å². The van der Waals surface area contributed by atoms with Crippen LogP contribution in [0.1, 0.15) is 24.8 Å². The van der Waals surface area contributed by atoms with Crippen LogP contribution in [0.3, 0.4) is 0 Å². The summed E-state index contributed by atoms with van der Waals surface area (Å²) >= 11 is 0. The lowest BCUT2D eigenvalue weighted by Crippen LogP contribution is -2.28. The van der Waals surface area contributed by atoms with Crippen LogP contribution in [0.5, 0.6) is 5.75 Å². The van der Waals surface area contributed by atoms with Crippen molar-refractivity contribution in [3.8, 4) is 5.75 Å². The highest BCUT2D eigenvalue weighted by Crippen LogP contribution is 2.23. The Morgan fingerprint density at radius 1 is 1.32 bits per heavy atom. The minimum Gasteiger partial charge on any atom is -0.497 e. The number of hydrogen-bond donors (Lipinski definition) is 1. The third-order valence-corrected chi connectivity index (χ3v) is 3.04. The summed E-state index contributed by atoms with van der Waals surface area (Å²) in [6.45, 7) is 0. The van der Waals surface area contributed by atoms with E-state index < -0.39 is 12.6 Å². The van der Waals surface area contributed by atoms with Crippen molar-refractivity contribution in [2.24, 2.45) is 0 Å². The number of hydrogen-bond acceptors (Lipinski definition) is 2. The van der Waals surface area contributed by atoms with Gasteiger partial charge in [0.05, 0.1) is 7.11 Å². The van der Waals surface area contributed by atoms with Gasteiger partial charge in [-0.2, -0.15) is 13.2 Å². The summed E-state index contributed by atoms with van der Waals surface area (Å²) in [6.07, 6.45) is -3.42. The molecular weight excluding hydrogens is 255 g/mol. The van der Waals surface area contributed by atoms with Gasteiger partial charge in [-0.05, 0) is 44.0 Å². The molecule has 1 rings (SSSR count).